The monoisotopic (exact) mass is 325 g/mol. The number of aliphatic carboxylic acids is 1. The quantitative estimate of drug-likeness (QED) is 0.863. The minimum atomic E-state index is -0.914. The fraction of sp³-hybridized carbons (Fsp3) is 0.467. The van der Waals surface area contributed by atoms with Crippen LogP contribution in [0.15, 0.2) is 18.2 Å². The highest BCUT2D eigenvalue weighted by Crippen LogP contribution is 2.44. The number of hydrogen-bond acceptors (Lipinski definition) is 5. The third-order valence-electron chi connectivity index (χ3n) is 3.51. The number of rotatable bonds is 6. The van der Waals surface area contributed by atoms with Crippen LogP contribution in [-0.2, 0) is 9.59 Å². The molecule has 120 valence electrons. The Morgan fingerprint density at radius 3 is 2.59 bits per heavy atom. The molecule has 0 aromatic heterocycles. The average Bonchev–Trinajstić information content (AvgIpc) is 2.79. The number of ether oxygens (including phenoxy) is 2. The first-order chi connectivity index (χ1) is 10.5. The van der Waals surface area contributed by atoms with Crippen molar-refractivity contribution in [3.05, 3.63) is 23.8 Å². The highest BCUT2D eigenvalue weighted by Gasteiger charge is 2.38. The molecule has 0 radical (unpaired) electrons. The zero-order valence-corrected chi connectivity index (χ0v) is 13.6. The zero-order valence-electron chi connectivity index (χ0n) is 12.7. The molecule has 1 heterocycles. The predicted octanol–water partition coefficient (Wildman–Crippen LogP) is 2.14. The van der Waals surface area contributed by atoms with E-state index in [1.54, 1.807) is 25.2 Å². The third kappa shape index (κ3) is 3.30. The van der Waals surface area contributed by atoms with Gasteiger partial charge in [0, 0.05) is 6.54 Å². The van der Waals surface area contributed by atoms with Crippen molar-refractivity contribution >= 4 is 23.6 Å². The maximum atomic E-state index is 12.2. The summed E-state index contributed by atoms with van der Waals surface area (Å²) in [7, 11) is 3.12. The molecule has 1 N–H and O–H groups in total. The normalized spacial score (nSPS) is 21.0. The molecular formula is C15H19NO5S. The first kappa shape index (κ1) is 16.5. The maximum absolute atomic E-state index is 12.2. The molecule has 0 aliphatic carbocycles. The molecule has 2 unspecified atom stereocenters. The first-order valence-corrected chi connectivity index (χ1v) is 7.82. The van der Waals surface area contributed by atoms with E-state index in [0.717, 1.165) is 5.56 Å². The molecule has 7 heteroatoms. The fourth-order valence-corrected chi connectivity index (χ4v) is 3.68. The Morgan fingerprint density at radius 2 is 2.00 bits per heavy atom. The molecular weight excluding hydrogens is 306 g/mol. The lowest BCUT2D eigenvalue weighted by atomic mass is 10.1. The Kier molecular flexibility index (Phi) is 5.18. The molecule has 2 atom stereocenters. The largest absolute Gasteiger partial charge is 0.493 e. The van der Waals surface area contributed by atoms with Gasteiger partial charge >= 0.3 is 5.97 Å². The summed E-state index contributed by atoms with van der Waals surface area (Å²) in [4.78, 5) is 24.6. The summed E-state index contributed by atoms with van der Waals surface area (Å²) in [6.07, 6.45) is -0.0667. The van der Waals surface area contributed by atoms with E-state index in [0.29, 0.717) is 11.5 Å². The number of benzene rings is 1. The summed E-state index contributed by atoms with van der Waals surface area (Å²) < 4.78 is 10.5. The van der Waals surface area contributed by atoms with Gasteiger partial charge in [-0.15, -0.1) is 11.8 Å². The van der Waals surface area contributed by atoms with Crippen molar-refractivity contribution < 1.29 is 24.2 Å². The SMILES string of the molecule is COc1ccc(C2SC(C)C(=O)N2CCC(=O)O)cc1OC. The van der Waals surface area contributed by atoms with E-state index < -0.39 is 5.97 Å². The van der Waals surface area contributed by atoms with Crippen LogP contribution in [0.3, 0.4) is 0 Å². The number of carbonyl (C=O) groups excluding carboxylic acids is 1. The van der Waals surface area contributed by atoms with Crippen LogP contribution in [0.5, 0.6) is 11.5 Å². The Morgan fingerprint density at radius 1 is 1.32 bits per heavy atom. The van der Waals surface area contributed by atoms with Crippen LogP contribution in [0.2, 0.25) is 0 Å². The summed E-state index contributed by atoms with van der Waals surface area (Å²) in [5, 5.41) is 8.46. The van der Waals surface area contributed by atoms with Gasteiger partial charge in [0.1, 0.15) is 5.37 Å². The maximum Gasteiger partial charge on any atom is 0.305 e. The van der Waals surface area contributed by atoms with Gasteiger partial charge in [-0.05, 0) is 24.6 Å². The molecule has 1 fully saturated rings. The van der Waals surface area contributed by atoms with Crippen LogP contribution in [0.4, 0.5) is 0 Å². The van der Waals surface area contributed by atoms with Gasteiger partial charge in [-0.2, -0.15) is 0 Å². The molecule has 1 aromatic rings. The highest BCUT2D eigenvalue weighted by atomic mass is 32.2. The number of carboxylic acid groups (broad SMARTS) is 1. The van der Waals surface area contributed by atoms with Gasteiger partial charge in [-0.1, -0.05) is 6.07 Å². The summed E-state index contributed by atoms with van der Waals surface area (Å²) in [6.45, 7) is 2.03. The highest BCUT2D eigenvalue weighted by molar-refractivity contribution is 8.01. The van der Waals surface area contributed by atoms with Crippen LogP contribution in [0, 0.1) is 0 Å². The number of carbonyl (C=O) groups is 2. The molecule has 0 bridgehead atoms. The van der Waals surface area contributed by atoms with Gasteiger partial charge in [0.25, 0.3) is 0 Å². The van der Waals surface area contributed by atoms with Crippen molar-refractivity contribution in [2.75, 3.05) is 20.8 Å². The Hall–Kier alpha value is -1.89. The molecule has 1 aliphatic rings. The number of hydrogen-bond donors (Lipinski definition) is 1. The Labute approximate surface area is 133 Å². The van der Waals surface area contributed by atoms with E-state index in [9.17, 15) is 9.59 Å². The molecule has 1 aliphatic heterocycles. The van der Waals surface area contributed by atoms with E-state index in [-0.39, 0.29) is 29.5 Å². The van der Waals surface area contributed by atoms with Gasteiger partial charge in [0.15, 0.2) is 11.5 Å². The van der Waals surface area contributed by atoms with Crippen LogP contribution in [-0.4, -0.2) is 47.9 Å². The summed E-state index contributed by atoms with van der Waals surface area (Å²) in [5.74, 6) is 0.256. The van der Waals surface area contributed by atoms with E-state index in [1.165, 1.54) is 11.8 Å². The second-order valence-corrected chi connectivity index (χ2v) is 6.35. The first-order valence-electron chi connectivity index (χ1n) is 6.87. The van der Waals surface area contributed by atoms with Gasteiger partial charge in [-0.3, -0.25) is 9.59 Å². The molecule has 6 nitrogen and oxygen atoms in total. The summed E-state index contributed by atoms with van der Waals surface area (Å²) in [6, 6.07) is 5.49. The Balaban J connectivity index is 2.28. The number of methoxy groups -OCH3 is 2. The van der Waals surface area contributed by atoms with Crippen LogP contribution >= 0.6 is 11.8 Å². The molecule has 0 saturated carbocycles. The fourth-order valence-electron chi connectivity index (χ4n) is 2.38. The van der Waals surface area contributed by atoms with Gasteiger partial charge in [-0.25, -0.2) is 0 Å². The molecule has 22 heavy (non-hydrogen) atoms. The zero-order chi connectivity index (χ0) is 16.3. The van der Waals surface area contributed by atoms with Crippen LogP contribution in [0.1, 0.15) is 24.3 Å². The van der Waals surface area contributed by atoms with E-state index in [4.69, 9.17) is 14.6 Å². The van der Waals surface area contributed by atoms with Crippen molar-refractivity contribution in [3.63, 3.8) is 0 Å². The second kappa shape index (κ2) is 6.91. The third-order valence-corrected chi connectivity index (χ3v) is 4.90. The Bertz CT molecular complexity index is 577. The topological polar surface area (TPSA) is 76.1 Å². The van der Waals surface area contributed by atoms with Crippen molar-refractivity contribution in [2.45, 2.75) is 24.0 Å². The van der Waals surface area contributed by atoms with Gasteiger partial charge < -0.3 is 19.5 Å². The average molecular weight is 325 g/mol. The predicted molar refractivity (Wildman–Crippen MR) is 83.3 cm³/mol. The van der Waals surface area contributed by atoms with Crippen molar-refractivity contribution in [3.8, 4) is 11.5 Å². The van der Waals surface area contributed by atoms with Crippen molar-refractivity contribution in [1.29, 1.82) is 0 Å². The summed E-state index contributed by atoms with van der Waals surface area (Å²) >= 11 is 1.51. The smallest absolute Gasteiger partial charge is 0.305 e. The summed E-state index contributed by atoms with van der Waals surface area (Å²) in [5.41, 5.74) is 0.894. The molecule has 0 spiro atoms. The van der Waals surface area contributed by atoms with Crippen molar-refractivity contribution in [1.82, 2.24) is 4.90 Å². The lowest BCUT2D eigenvalue weighted by molar-refractivity contribution is -0.138. The molecule has 1 aromatic carbocycles. The van der Waals surface area contributed by atoms with Crippen LogP contribution < -0.4 is 9.47 Å². The molecule has 1 saturated heterocycles. The standard InChI is InChI=1S/C15H19NO5S/c1-9-14(19)16(7-6-13(17)18)15(22-9)10-4-5-11(20-2)12(8-10)21-3/h4-5,8-9,15H,6-7H2,1-3H3,(H,17,18). The van der Waals surface area contributed by atoms with E-state index in [1.807, 2.05) is 19.1 Å². The van der Waals surface area contributed by atoms with E-state index >= 15 is 0 Å². The van der Waals surface area contributed by atoms with E-state index in [2.05, 4.69) is 0 Å². The lowest BCUT2D eigenvalue weighted by Gasteiger charge is -2.24. The molecule has 2 rings (SSSR count). The van der Waals surface area contributed by atoms with Crippen molar-refractivity contribution in [2.24, 2.45) is 0 Å². The van der Waals surface area contributed by atoms with Gasteiger partial charge in [0.05, 0.1) is 25.9 Å². The minimum Gasteiger partial charge on any atom is -0.493 e. The second-order valence-electron chi connectivity index (χ2n) is 4.92. The van der Waals surface area contributed by atoms with Crippen LogP contribution in [0.25, 0.3) is 0 Å². The van der Waals surface area contributed by atoms with Gasteiger partial charge in [0.2, 0.25) is 5.91 Å². The number of thioether (sulfide) groups is 1. The number of amides is 1. The number of carboxylic acids is 1. The minimum absolute atomic E-state index is 0.0361. The lowest BCUT2D eigenvalue weighted by Crippen LogP contribution is -2.32. The molecule has 1 amide bonds. The number of nitrogens with zero attached hydrogens (tertiary/aromatic N) is 1.